The second-order valence-electron chi connectivity index (χ2n) is 16.7. The molecular weight excluding hydrogens is 907 g/mol. The minimum Gasteiger partial charge on any atom is -0.479 e. The first-order valence-corrected chi connectivity index (χ1v) is 24.9. The highest BCUT2D eigenvalue weighted by Crippen LogP contribution is 2.39. The van der Waals surface area contributed by atoms with Gasteiger partial charge < -0.3 is 14.9 Å². The summed E-state index contributed by atoms with van der Waals surface area (Å²) < 4.78 is 0. The lowest BCUT2D eigenvalue weighted by molar-refractivity contribution is 0.430. The number of benzene rings is 8. The number of hydrogen-bond donors (Lipinski definition) is 1. The molecule has 6 nitrogen and oxygen atoms in total. The molecule has 0 aliphatic carbocycles. The Kier molecular flexibility index (Phi) is 13.0. The highest BCUT2D eigenvalue weighted by Gasteiger charge is 2.15. The molecule has 8 heteroatoms. The summed E-state index contributed by atoms with van der Waals surface area (Å²) in [6, 6.07) is 83.7. The maximum absolute atomic E-state index is 10.6. The Bertz CT molecular complexity index is 3240. The number of aromatic nitrogens is 3. The predicted octanol–water partition coefficient (Wildman–Crippen LogP) is 17.6. The van der Waals surface area contributed by atoms with Gasteiger partial charge in [-0.2, -0.15) is 9.97 Å². The van der Waals surface area contributed by atoms with Crippen LogP contribution in [0, 0.1) is 0 Å². The van der Waals surface area contributed by atoms with Gasteiger partial charge in [0.15, 0.2) is 11.6 Å². The Morgan fingerprint density at radius 1 is 0.296 bits per heavy atom. The Balaban J connectivity index is 0.721. The van der Waals surface area contributed by atoms with E-state index in [1.54, 1.807) is 22.7 Å². The van der Waals surface area contributed by atoms with Gasteiger partial charge in [0, 0.05) is 64.8 Å². The fraction of sp³-hybridized carbons (Fsp3) is 0. The number of aromatic hydroxyl groups is 1. The minimum absolute atomic E-state index is 0.321. The lowest BCUT2D eigenvalue weighted by Crippen LogP contribution is -2.09. The molecule has 0 aliphatic heterocycles. The van der Waals surface area contributed by atoms with Gasteiger partial charge >= 0.3 is 6.01 Å². The third-order valence-electron chi connectivity index (χ3n) is 12.0. The third kappa shape index (κ3) is 10.4. The van der Waals surface area contributed by atoms with Crippen LogP contribution in [0.1, 0.15) is 20.9 Å². The van der Waals surface area contributed by atoms with Crippen molar-refractivity contribution in [3.05, 3.63) is 264 Å². The Morgan fingerprint density at radius 3 is 0.944 bits per heavy atom. The Morgan fingerprint density at radius 2 is 0.606 bits per heavy atom. The highest BCUT2D eigenvalue weighted by atomic mass is 32.1. The summed E-state index contributed by atoms with van der Waals surface area (Å²) in [7, 11) is 0. The summed E-state index contributed by atoms with van der Waals surface area (Å²) in [4.78, 5) is 22.6. The fourth-order valence-corrected chi connectivity index (χ4v) is 10.2. The van der Waals surface area contributed by atoms with E-state index in [1.165, 1.54) is 20.9 Å². The zero-order valence-corrected chi connectivity index (χ0v) is 40.0. The van der Waals surface area contributed by atoms with E-state index in [1.807, 2.05) is 72.8 Å². The van der Waals surface area contributed by atoms with E-state index in [0.717, 1.165) is 66.1 Å². The van der Waals surface area contributed by atoms with Crippen molar-refractivity contribution >= 4 is 81.1 Å². The van der Waals surface area contributed by atoms with E-state index in [9.17, 15) is 5.11 Å². The van der Waals surface area contributed by atoms with E-state index < -0.39 is 0 Å². The monoisotopic (exact) mass is 951 g/mol. The second kappa shape index (κ2) is 20.7. The number of thiophene rings is 2. The molecule has 340 valence electrons. The van der Waals surface area contributed by atoms with Crippen LogP contribution >= 0.6 is 22.7 Å². The van der Waals surface area contributed by atoms with Crippen molar-refractivity contribution in [1.82, 2.24) is 15.0 Å². The summed E-state index contributed by atoms with van der Waals surface area (Å²) in [5.74, 6) is 0.814. The second-order valence-corrected chi connectivity index (χ2v) is 18.9. The van der Waals surface area contributed by atoms with Crippen LogP contribution in [-0.2, 0) is 0 Å². The van der Waals surface area contributed by atoms with Crippen molar-refractivity contribution in [2.24, 2.45) is 0 Å². The summed E-state index contributed by atoms with van der Waals surface area (Å²) in [6.45, 7) is 0. The number of rotatable bonds is 14. The smallest absolute Gasteiger partial charge is 0.318 e. The van der Waals surface area contributed by atoms with E-state index in [4.69, 9.17) is 4.98 Å². The van der Waals surface area contributed by atoms with E-state index in [2.05, 4.69) is 214 Å². The van der Waals surface area contributed by atoms with Crippen molar-refractivity contribution in [2.45, 2.75) is 0 Å². The van der Waals surface area contributed by atoms with Crippen LogP contribution in [0.4, 0.5) is 34.1 Å². The van der Waals surface area contributed by atoms with Gasteiger partial charge in [0.25, 0.3) is 0 Å². The molecule has 8 aromatic carbocycles. The molecule has 0 saturated carbocycles. The Hall–Kier alpha value is -8.95. The largest absolute Gasteiger partial charge is 0.479 e. The van der Waals surface area contributed by atoms with Gasteiger partial charge in [0.1, 0.15) is 0 Å². The molecule has 0 fully saturated rings. The molecule has 3 heterocycles. The van der Waals surface area contributed by atoms with Gasteiger partial charge in [0.05, 0.1) is 0 Å². The molecule has 11 aromatic rings. The number of para-hydroxylation sites is 4. The lowest BCUT2D eigenvalue weighted by atomic mass is 10.1. The summed E-state index contributed by atoms with van der Waals surface area (Å²) in [5.41, 5.74) is 12.7. The van der Waals surface area contributed by atoms with Crippen molar-refractivity contribution in [1.29, 1.82) is 0 Å². The third-order valence-corrected chi connectivity index (χ3v) is 14.2. The van der Waals surface area contributed by atoms with Gasteiger partial charge in [-0.25, -0.2) is 4.98 Å². The molecular formula is C63H45N5OS2. The molecule has 0 saturated heterocycles. The normalized spacial score (nSPS) is 11.3. The molecule has 0 radical (unpaired) electrons. The maximum Gasteiger partial charge on any atom is 0.318 e. The van der Waals surface area contributed by atoms with Crippen molar-refractivity contribution < 1.29 is 5.11 Å². The molecule has 71 heavy (non-hydrogen) atoms. The van der Waals surface area contributed by atoms with Crippen LogP contribution in [0.2, 0.25) is 0 Å². The van der Waals surface area contributed by atoms with E-state index in [-0.39, 0.29) is 6.01 Å². The average molecular weight is 952 g/mol. The van der Waals surface area contributed by atoms with Crippen molar-refractivity contribution in [3.8, 4) is 49.7 Å². The molecule has 3 aromatic heterocycles. The molecule has 0 spiro atoms. The molecule has 0 aliphatic rings. The standard InChI is InChI=1S/C63H45N5OS2/c69-63-65-61(49-27-21-45(22-28-49)25-39-57-41-43-59(70-57)47-31-35-55(36-32-47)67(51-13-5-1-6-14-51)52-15-7-2-8-16-52)64-62(66-63)50-29-23-46(24-30-50)26-40-58-42-44-60(71-58)48-33-37-56(38-34-48)68(53-17-9-3-10-18-53)54-19-11-4-12-20-54/h1-44H,(H,64,65,66,69)/b39-25+,40-26+. The molecule has 0 amide bonds. The predicted molar refractivity (Wildman–Crippen MR) is 299 cm³/mol. The van der Waals surface area contributed by atoms with Crippen molar-refractivity contribution in [3.63, 3.8) is 0 Å². The summed E-state index contributed by atoms with van der Waals surface area (Å²) in [5, 5.41) is 10.6. The maximum atomic E-state index is 10.6. The van der Waals surface area contributed by atoms with Gasteiger partial charge in [-0.05, 0) is 131 Å². The van der Waals surface area contributed by atoms with Gasteiger partial charge in [-0.15, -0.1) is 22.7 Å². The van der Waals surface area contributed by atoms with Crippen LogP contribution in [0.25, 0.3) is 68.0 Å². The number of anilines is 6. The van der Waals surface area contributed by atoms with Crippen LogP contribution in [0.3, 0.4) is 0 Å². The quantitative estimate of drug-likeness (QED) is 0.117. The minimum atomic E-state index is -0.321. The first-order chi connectivity index (χ1) is 35.1. The van der Waals surface area contributed by atoms with Crippen LogP contribution in [-0.4, -0.2) is 20.1 Å². The molecule has 0 atom stereocenters. The van der Waals surface area contributed by atoms with E-state index >= 15 is 0 Å². The number of hydrogen-bond acceptors (Lipinski definition) is 8. The zero-order chi connectivity index (χ0) is 47.8. The SMILES string of the molecule is Oc1nc(-c2ccc(/C=C/c3ccc(-c4ccc(N(c5ccccc5)c5ccccc5)cc4)s3)cc2)nc(-c2ccc(/C=C/c3ccc(-c4ccc(N(c5ccccc5)c5ccccc5)cc4)s3)cc2)n1. The van der Waals surface area contributed by atoms with Crippen LogP contribution in [0.5, 0.6) is 6.01 Å². The molecule has 1 N–H and O–H groups in total. The average Bonchev–Trinajstić information content (AvgIpc) is 4.13. The summed E-state index contributed by atoms with van der Waals surface area (Å²) in [6.07, 6.45) is 8.49. The zero-order valence-electron chi connectivity index (χ0n) is 38.4. The lowest BCUT2D eigenvalue weighted by Gasteiger charge is -2.25. The Labute approximate surface area is 421 Å². The van der Waals surface area contributed by atoms with Crippen LogP contribution in [0.15, 0.2) is 243 Å². The number of nitrogens with zero attached hydrogens (tertiary/aromatic N) is 5. The van der Waals surface area contributed by atoms with Crippen molar-refractivity contribution in [2.75, 3.05) is 9.80 Å². The van der Waals surface area contributed by atoms with Gasteiger partial charge in [-0.1, -0.05) is 158 Å². The first kappa shape index (κ1) is 44.5. The fourth-order valence-electron chi connectivity index (χ4n) is 8.41. The van der Waals surface area contributed by atoms with Crippen LogP contribution < -0.4 is 9.80 Å². The van der Waals surface area contributed by atoms with Gasteiger partial charge in [0.2, 0.25) is 0 Å². The first-order valence-electron chi connectivity index (χ1n) is 23.3. The summed E-state index contributed by atoms with van der Waals surface area (Å²) >= 11 is 3.51. The molecule has 0 bridgehead atoms. The molecule has 0 unspecified atom stereocenters. The highest BCUT2D eigenvalue weighted by molar-refractivity contribution is 7.16. The van der Waals surface area contributed by atoms with Gasteiger partial charge in [-0.3, -0.25) is 0 Å². The van der Waals surface area contributed by atoms with E-state index in [0.29, 0.717) is 11.6 Å². The topological polar surface area (TPSA) is 65.4 Å². The molecule has 11 rings (SSSR count).